The van der Waals surface area contributed by atoms with Crippen molar-refractivity contribution in [1.82, 2.24) is 5.32 Å². The first-order chi connectivity index (χ1) is 7.61. The zero-order chi connectivity index (χ0) is 12.1. The normalized spacial score (nSPS) is 12.8. The van der Waals surface area contributed by atoms with Crippen molar-refractivity contribution in [2.24, 2.45) is 0 Å². The molecule has 0 spiro atoms. The lowest BCUT2D eigenvalue weighted by Gasteiger charge is -2.18. The van der Waals surface area contributed by atoms with E-state index in [0.29, 0.717) is 0 Å². The van der Waals surface area contributed by atoms with Gasteiger partial charge in [-0.25, -0.2) is 8.78 Å². The highest BCUT2D eigenvalue weighted by Crippen LogP contribution is 2.30. The summed E-state index contributed by atoms with van der Waals surface area (Å²) in [7, 11) is 1.83. The van der Waals surface area contributed by atoms with Crippen LogP contribution >= 0.6 is 15.9 Å². The maximum absolute atomic E-state index is 13.4. The minimum atomic E-state index is -0.819. The molecule has 1 rings (SSSR count). The summed E-state index contributed by atoms with van der Waals surface area (Å²) in [6, 6.07) is 2.86. The number of unbranched alkanes of at least 4 members (excludes halogenated alkanes) is 1. The van der Waals surface area contributed by atoms with Crippen molar-refractivity contribution in [3.8, 4) is 0 Å². The topological polar surface area (TPSA) is 12.0 Å². The van der Waals surface area contributed by atoms with Crippen LogP contribution in [0.2, 0.25) is 0 Å². The van der Waals surface area contributed by atoms with Gasteiger partial charge in [-0.15, -0.1) is 0 Å². The summed E-state index contributed by atoms with van der Waals surface area (Å²) >= 11 is 3.11. The largest absolute Gasteiger partial charge is 0.313 e. The SMILES string of the molecule is CCCCC(NC)c1ccc(F)c(F)c1Br. The van der Waals surface area contributed by atoms with Crippen molar-refractivity contribution in [3.63, 3.8) is 0 Å². The Morgan fingerprint density at radius 3 is 2.62 bits per heavy atom. The summed E-state index contributed by atoms with van der Waals surface area (Å²) in [6.07, 6.45) is 3.05. The van der Waals surface area contributed by atoms with Gasteiger partial charge in [-0.3, -0.25) is 0 Å². The molecule has 0 saturated heterocycles. The fourth-order valence-electron chi connectivity index (χ4n) is 1.67. The van der Waals surface area contributed by atoms with E-state index < -0.39 is 11.6 Å². The number of hydrogen-bond acceptors (Lipinski definition) is 1. The monoisotopic (exact) mass is 291 g/mol. The molecule has 0 saturated carbocycles. The Labute approximate surface area is 103 Å². The van der Waals surface area contributed by atoms with Gasteiger partial charge in [0, 0.05) is 6.04 Å². The van der Waals surface area contributed by atoms with Crippen LogP contribution in [0.4, 0.5) is 8.78 Å². The molecule has 0 amide bonds. The second-order valence-corrected chi connectivity index (χ2v) is 4.54. The lowest BCUT2D eigenvalue weighted by atomic mass is 10.0. The molecule has 4 heteroatoms. The van der Waals surface area contributed by atoms with Gasteiger partial charge < -0.3 is 5.32 Å². The average Bonchev–Trinajstić information content (AvgIpc) is 2.29. The number of rotatable bonds is 5. The van der Waals surface area contributed by atoms with Crippen LogP contribution in [0.25, 0.3) is 0 Å². The van der Waals surface area contributed by atoms with E-state index in [4.69, 9.17) is 0 Å². The second-order valence-electron chi connectivity index (χ2n) is 3.75. The molecule has 0 aliphatic rings. The van der Waals surface area contributed by atoms with Gasteiger partial charge in [0.05, 0.1) is 4.47 Å². The molecule has 90 valence electrons. The quantitative estimate of drug-likeness (QED) is 0.803. The lowest BCUT2D eigenvalue weighted by Crippen LogP contribution is -2.17. The molecule has 0 aliphatic carbocycles. The van der Waals surface area contributed by atoms with E-state index in [9.17, 15) is 8.78 Å². The average molecular weight is 292 g/mol. The standard InChI is InChI=1S/C12H16BrF2N/c1-3-4-5-10(16-2)8-6-7-9(14)12(15)11(8)13/h6-7,10,16H,3-5H2,1-2H3. The molecule has 0 heterocycles. The molecule has 16 heavy (non-hydrogen) atoms. The number of nitrogens with one attached hydrogen (secondary N) is 1. The zero-order valence-corrected chi connectivity index (χ0v) is 11.1. The Kier molecular flexibility index (Phi) is 5.35. The van der Waals surface area contributed by atoms with Crippen LogP contribution in [0.5, 0.6) is 0 Å². The van der Waals surface area contributed by atoms with E-state index in [1.54, 1.807) is 6.07 Å². The third-order valence-electron chi connectivity index (χ3n) is 2.64. The van der Waals surface area contributed by atoms with E-state index in [1.807, 2.05) is 7.05 Å². The highest BCUT2D eigenvalue weighted by molar-refractivity contribution is 9.10. The molecule has 0 fully saturated rings. The van der Waals surface area contributed by atoms with Crippen molar-refractivity contribution in [2.75, 3.05) is 7.05 Å². The van der Waals surface area contributed by atoms with Gasteiger partial charge in [-0.2, -0.15) is 0 Å². The van der Waals surface area contributed by atoms with E-state index >= 15 is 0 Å². The molecule has 1 atom stereocenters. The fourth-order valence-corrected chi connectivity index (χ4v) is 2.27. The minimum absolute atomic E-state index is 0.0597. The Morgan fingerprint density at radius 2 is 2.06 bits per heavy atom. The van der Waals surface area contributed by atoms with Gasteiger partial charge in [-0.1, -0.05) is 25.8 Å². The molecule has 0 aromatic heterocycles. The molecule has 1 unspecified atom stereocenters. The first-order valence-electron chi connectivity index (χ1n) is 5.42. The van der Waals surface area contributed by atoms with Crippen molar-refractivity contribution < 1.29 is 8.78 Å². The highest BCUT2D eigenvalue weighted by atomic mass is 79.9. The molecule has 1 aromatic carbocycles. The van der Waals surface area contributed by atoms with Crippen LogP contribution in [0.1, 0.15) is 37.8 Å². The Bertz CT molecular complexity index is 355. The smallest absolute Gasteiger partial charge is 0.173 e. The Morgan fingerprint density at radius 1 is 1.38 bits per heavy atom. The lowest BCUT2D eigenvalue weighted by molar-refractivity contribution is 0.485. The summed E-state index contributed by atoms with van der Waals surface area (Å²) < 4.78 is 26.5. The number of hydrogen-bond donors (Lipinski definition) is 1. The van der Waals surface area contributed by atoms with Crippen LogP contribution in [-0.4, -0.2) is 7.05 Å². The van der Waals surface area contributed by atoms with Gasteiger partial charge in [-0.05, 0) is 41.0 Å². The predicted octanol–water partition coefficient (Wildman–Crippen LogP) is 4.18. The summed E-state index contributed by atoms with van der Waals surface area (Å²) in [5.41, 5.74) is 0.773. The van der Waals surface area contributed by atoms with Crippen LogP contribution in [0.3, 0.4) is 0 Å². The van der Waals surface area contributed by atoms with Gasteiger partial charge in [0.1, 0.15) is 0 Å². The number of benzene rings is 1. The zero-order valence-electron chi connectivity index (χ0n) is 9.49. The first-order valence-corrected chi connectivity index (χ1v) is 6.21. The molecule has 0 bridgehead atoms. The van der Waals surface area contributed by atoms with Crippen molar-refractivity contribution in [2.45, 2.75) is 32.2 Å². The van der Waals surface area contributed by atoms with Gasteiger partial charge >= 0.3 is 0 Å². The molecule has 1 aromatic rings. The van der Waals surface area contributed by atoms with Gasteiger partial charge in [0.15, 0.2) is 11.6 Å². The Balaban J connectivity index is 2.96. The number of halogens is 3. The maximum Gasteiger partial charge on any atom is 0.173 e. The maximum atomic E-state index is 13.4. The van der Waals surface area contributed by atoms with Crippen molar-refractivity contribution >= 4 is 15.9 Å². The second kappa shape index (κ2) is 6.30. The van der Waals surface area contributed by atoms with Crippen LogP contribution in [0, 0.1) is 11.6 Å². The molecule has 0 aliphatic heterocycles. The van der Waals surface area contributed by atoms with Crippen molar-refractivity contribution in [1.29, 1.82) is 0 Å². The summed E-state index contributed by atoms with van der Waals surface area (Å²) in [5, 5.41) is 3.12. The Hall–Kier alpha value is -0.480. The molecule has 1 N–H and O–H groups in total. The summed E-state index contributed by atoms with van der Waals surface area (Å²) in [5.74, 6) is -1.63. The summed E-state index contributed by atoms with van der Waals surface area (Å²) in [4.78, 5) is 0. The fraction of sp³-hybridized carbons (Fsp3) is 0.500. The molecule has 1 nitrogen and oxygen atoms in total. The highest BCUT2D eigenvalue weighted by Gasteiger charge is 2.17. The molecular weight excluding hydrogens is 276 g/mol. The first kappa shape index (κ1) is 13.6. The van der Waals surface area contributed by atoms with Crippen LogP contribution in [-0.2, 0) is 0 Å². The third-order valence-corrected chi connectivity index (χ3v) is 3.44. The van der Waals surface area contributed by atoms with E-state index in [0.717, 1.165) is 24.8 Å². The van der Waals surface area contributed by atoms with Gasteiger partial charge in [0.25, 0.3) is 0 Å². The van der Waals surface area contributed by atoms with Crippen molar-refractivity contribution in [3.05, 3.63) is 33.8 Å². The minimum Gasteiger partial charge on any atom is -0.313 e. The van der Waals surface area contributed by atoms with Crippen LogP contribution in [0.15, 0.2) is 16.6 Å². The molecule has 0 radical (unpaired) electrons. The van der Waals surface area contributed by atoms with Gasteiger partial charge in [0.2, 0.25) is 0 Å². The third kappa shape index (κ3) is 3.01. The van der Waals surface area contributed by atoms with E-state index in [2.05, 4.69) is 28.2 Å². The summed E-state index contributed by atoms with van der Waals surface area (Å²) in [6.45, 7) is 2.10. The van der Waals surface area contributed by atoms with Crippen LogP contribution < -0.4 is 5.32 Å². The van der Waals surface area contributed by atoms with E-state index in [1.165, 1.54) is 6.07 Å². The predicted molar refractivity (Wildman–Crippen MR) is 65.4 cm³/mol. The van der Waals surface area contributed by atoms with E-state index in [-0.39, 0.29) is 10.5 Å². The molecular formula is C12H16BrF2N.